The van der Waals surface area contributed by atoms with Gasteiger partial charge in [0.25, 0.3) is 8.40 Å². The number of nitrogens with zero attached hydrogens (tertiary/aromatic N) is 2. The number of hydrogen-bond donors (Lipinski definition) is 0. The van der Waals surface area contributed by atoms with Crippen molar-refractivity contribution in [3.05, 3.63) is 12.3 Å². The summed E-state index contributed by atoms with van der Waals surface area (Å²) in [5, 5.41) is 0. The molecule has 17 heavy (non-hydrogen) atoms. The van der Waals surface area contributed by atoms with Crippen LogP contribution in [0.5, 0.6) is 0 Å². The van der Waals surface area contributed by atoms with E-state index in [0.29, 0.717) is 0 Å². The summed E-state index contributed by atoms with van der Waals surface area (Å²) in [5.74, 6) is 0. The maximum Gasteiger partial charge on any atom is 0.258 e. The average Bonchev–Trinajstić information content (AvgIpc) is 2.37. The molecule has 0 amide bonds. The third kappa shape index (κ3) is 3.91. The van der Waals surface area contributed by atoms with Crippen LogP contribution in [0.3, 0.4) is 0 Å². The van der Waals surface area contributed by atoms with Crippen LogP contribution >= 0.6 is 0 Å². The van der Waals surface area contributed by atoms with Crippen molar-refractivity contribution in [1.82, 2.24) is 9.13 Å². The first-order valence-electron chi connectivity index (χ1n) is 6.88. The van der Waals surface area contributed by atoms with Gasteiger partial charge in [0.2, 0.25) is 0 Å². The number of hydrogen-bond acceptors (Lipinski definition) is 3. The average molecular weight is 258 g/mol. The normalized spacial score (nSPS) is 12.4. The van der Waals surface area contributed by atoms with E-state index in [1.807, 2.05) is 0 Å². The minimum Gasteiger partial charge on any atom is -0.382 e. The van der Waals surface area contributed by atoms with Crippen LogP contribution in [-0.2, 0) is 4.74 Å². The van der Waals surface area contributed by atoms with Crippen LogP contribution in [0.4, 0.5) is 0 Å². The first kappa shape index (κ1) is 16.8. The summed E-state index contributed by atoms with van der Waals surface area (Å²) < 4.78 is 10.9. The van der Waals surface area contributed by atoms with Gasteiger partial charge in [-0.15, -0.1) is 6.58 Å². The fourth-order valence-electron chi connectivity index (χ4n) is 2.49. The second-order valence-electron chi connectivity index (χ2n) is 4.06. The molecule has 102 valence electrons. The highest BCUT2D eigenvalue weighted by molar-refractivity contribution is 6.79. The van der Waals surface area contributed by atoms with E-state index < -0.39 is 8.40 Å². The Balaban J connectivity index is 5.16. The fourth-order valence-corrected chi connectivity index (χ4v) is 6.59. The van der Waals surface area contributed by atoms with Crippen LogP contribution in [0, 0.1) is 0 Å². The molecule has 0 aromatic carbocycles. The standard InChI is InChI=1S/C13H30N2OSi/c1-7-14(8-2)17(12-6,13-16-11-5)15(9-3)10-4/h12H,6-11,13H2,1-5H3. The second kappa shape index (κ2) is 8.86. The van der Waals surface area contributed by atoms with Gasteiger partial charge < -0.3 is 13.9 Å². The van der Waals surface area contributed by atoms with Crippen molar-refractivity contribution in [2.24, 2.45) is 0 Å². The minimum atomic E-state index is -1.84. The lowest BCUT2D eigenvalue weighted by molar-refractivity contribution is 0.168. The first-order chi connectivity index (χ1) is 8.16. The Morgan fingerprint density at radius 2 is 1.35 bits per heavy atom. The maximum atomic E-state index is 5.77. The Labute approximate surface area is 109 Å². The van der Waals surface area contributed by atoms with Crippen molar-refractivity contribution in [3.63, 3.8) is 0 Å². The molecule has 0 aliphatic heterocycles. The Bertz CT molecular complexity index is 192. The molecule has 0 bridgehead atoms. The highest BCUT2D eigenvalue weighted by Gasteiger charge is 2.41. The van der Waals surface area contributed by atoms with Crippen molar-refractivity contribution in [1.29, 1.82) is 0 Å². The van der Waals surface area contributed by atoms with E-state index in [2.05, 4.69) is 56.0 Å². The van der Waals surface area contributed by atoms with Crippen LogP contribution in [-0.4, -0.2) is 56.5 Å². The van der Waals surface area contributed by atoms with E-state index in [1.54, 1.807) is 0 Å². The second-order valence-corrected chi connectivity index (χ2v) is 7.78. The van der Waals surface area contributed by atoms with E-state index in [9.17, 15) is 0 Å². The SMILES string of the molecule is C=C[Si](COCC)(N(CC)CC)N(CC)CC. The zero-order valence-electron chi connectivity index (χ0n) is 12.3. The molecule has 0 rings (SSSR count). The summed E-state index contributed by atoms with van der Waals surface area (Å²) in [4.78, 5) is 0. The Morgan fingerprint density at radius 3 is 1.59 bits per heavy atom. The molecule has 0 N–H and O–H groups in total. The molecule has 0 spiro atoms. The fraction of sp³-hybridized carbons (Fsp3) is 0.846. The predicted molar refractivity (Wildman–Crippen MR) is 78.3 cm³/mol. The van der Waals surface area contributed by atoms with Gasteiger partial charge in [-0.2, -0.15) is 0 Å². The van der Waals surface area contributed by atoms with Gasteiger partial charge in [0.1, 0.15) is 0 Å². The van der Waals surface area contributed by atoms with Gasteiger partial charge in [0.15, 0.2) is 0 Å². The molecule has 0 saturated carbocycles. The Hall–Kier alpha value is -0.163. The van der Waals surface area contributed by atoms with Gasteiger partial charge in [-0.25, -0.2) is 0 Å². The molecular formula is C13H30N2OSi. The van der Waals surface area contributed by atoms with Gasteiger partial charge >= 0.3 is 0 Å². The Kier molecular flexibility index (Phi) is 8.77. The van der Waals surface area contributed by atoms with Gasteiger partial charge in [-0.1, -0.05) is 33.4 Å². The van der Waals surface area contributed by atoms with Gasteiger partial charge in [0, 0.05) is 6.61 Å². The molecule has 3 nitrogen and oxygen atoms in total. The molecule has 0 aliphatic rings. The predicted octanol–water partition coefficient (Wildman–Crippen LogP) is 2.41. The zero-order valence-corrected chi connectivity index (χ0v) is 13.3. The lowest BCUT2D eigenvalue weighted by Crippen LogP contribution is -2.67. The zero-order chi connectivity index (χ0) is 13.3. The van der Waals surface area contributed by atoms with E-state index >= 15 is 0 Å². The van der Waals surface area contributed by atoms with Crippen molar-refractivity contribution in [3.8, 4) is 0 Å². The maximum absolute atomic E-state index is 5.77. The molecule has 0 saturated heterocycles. The molecule has 4 heteroatoms. The summed E-state index contributed by atoms with van der Waals surface area (Å²) in [6, 6.07) is 0. The monoisotopic (exact) mass is 258 g/mol. The molecule has 0 atom stereocenters. The van der Waals surface area contributed by atoms with Gasteiger partial charge in [-0.3, -0.25) is 0 Å². The molecule has 0 aliphatic carbocycles. The molecule has 0 heterocycles. The summed E-state index contributed by atoms with van der Waals surface area (Å²) in [6.45, 7) is 20.1. The lowest BCUT2D eigenvalue weighted by Gasteiger charge is -2.45. The van der Waals surface area contributed by atoms with Crippen molar-refractivity contribution < 1.29 is 4.74 Å². The molecule has 0 unspecified atom stereocenters. The molecule has 0 aromatic heterocycles. The summed E-state index contributed by atoms with van der Waals surface area (Å²) in [6.07, 6.45) is 0.830. The Morgan fingerprint density at radius 1 is 0.941 bits per heavy atom. The van der Waals surface area contributed by atoms with Gasteiger partial charge in [-0.05, 0) is 33.1 Å². The van der Waals surface area contributed by atoms with Crippen molar-refractivity contribution in [2.75, 3.05) is 39.0 Å². The topological polar surface area (TPSA) is 15.7 Å². The summed E-state index contributed by atoms with van der Waals surface area (Å²) >= 11 is 0. The van der Waals surface area contributed by atoms with Gasteiger partial charge in [0.05, 0.1) is 6.23 Å². The first-order valence-corrected chi connectivity index (χ1v) is 9.05. The third-order valence-electron chi connectivity index (χ3n) is 3.47. The molecular weight excluding hydrogens is 228 g/mol. The third-order valence-corrected chi connectivity index (χ3v) is 8.21. The van der Waals surface area contributed by atoms with E-state index in [1.165, 1.54) is 0 Å². The summed E-state index contributed by atoms with van der Waals surface area (Å²) in [5.41, 5.74) is 2.18. The molecule has 0 aromatic rings. The van der Waals surface area contributed by atoms with Crippen LogP contribution < -0.4 is 0 Å². The number of rotatable bonds is 10. The molecule has 0 radical (unpaired) electrons. The van der Waals surface area contributed by atoms with Crippen LogP contribution in [0.25, 0.3) is 0 Å². The molecule has 0 fully saturated rings. The largest absolute Gasteiger partial charge is 0.382 e. The smallest absolute Gasteiger partial charge is 0.258 e. The quantitative estimate of drug-likeness (QED) is 0.560. The lowest BCUT2D eigenvalue weighted by atomic mass is 10.7. The highest BCUT2D eigenvalue weighted by atomic mass is 28.3. The van der Waals surface area contributed by atoms with Crippen LogP contribution in [0.1, 0.15) is 34.6 Å². The highest BCUT2D eigenvalue weighted by Crippen LogP contribution is 2.17. The van der Waals surface area contributed by atoms with E-state index in [4.69, 9.17) is 4.74 Å². The van der Waals surface area contributed by atoms with Crippen LogP contribution in [0.15, 0.2) is 12.3 Å². The van der Waals surface area contributed by atoms with Crippen molar-refractivity contribution >= 4 is 8.40 Å². The van der Waals surface area contributed by atoms with Crippen molar-refractivity contribution in [2.45, 2.75) is 34.6 Å². The summed E-state index contributed by atoms with van der Waals surface area (Å²) in [7, 11) is -1.84. The van der Waals surface area contributed by atoms with E-state index in [-0.39, 0.29) is 0 Å². The number of ether oxygens (including phenoxy) is 1. The van der Waals surface area contributed by atoms with Crippen LogP contribution in [0.2, 0.25) is 0 Å². The van der Waals surface area contributed by atoms with E-state index in [0.717, 1.165) is 39.0 Å². The minimum absolute atomic E-state index is 0.783.